The van der Waals surface area contributed by atoms with Crippen LogP contribution in [0.15, 0.2) is 24.3 Å². The third-order valence-electron chi connectivity index (χ3n) is 5.09. The molecule has 0 aliphatic heterocycles. The molecule has 0 aromatic heterocycles. The van der Waals surface area contributed by atoms with Crippen molar-refractivity contribution in [1.29, 1.82) is 0 Å². The van der Waals surface area contributed by atoms with E-state index in [0.29, 0.717) is 5.92 Å². The van der Waals surface area contributed by atoms with Crippen LogP contribution in [0.4, 0.5) is 0 Å². The lowest BCUT2D eigenvalue weighted by Crippen LogP contribution is -2.20. The van der Waals surface area contributed by atoms with E-state index in [1.807, 2.05) is 12.1 Å². The van der Waals surface area contributed by atoms with E-state index in [0.717, 1.165) is 24.3 Å². The molecule has 2 nitrogen and oxygen atoms in total. The highest BCUT2D eigenvalue weighted by molar-refractivity contribution is 5.84. The van der Waals surface area contributed by atoms with Crippen molar-refractivity contribution in [3.05, 3.63) is 35.4 Å². The molecule has 1 aromatic carbocycles. The van der Waals surface area contributed by atoms with Crippen LogP contribution in [-0.2, 0) is 10.2 Å². The average Bonchev–Trinajstić information content (AvgIpc) is 3.21. The summed E-state index contributed by atoms with van der Waals surface area (Å²) in [7, 11) is 0. The largest absolute Gasteiger partial charge is 0.481 e. The molecule has 102 valence electrons. The highest BCUT2D eigenvalue weighted by Gasteiger charge is 2.51. The van der Waals surface area contributed by atoms with Gasteiger partial charge in [-0.05, 0) is 48.6 Å². The van der Waals surface area contributed by atoms with Crippen LogP contribution in [0, 0.1) is 5.92 Å². The Morgan fingerprint density at radius 1 is 1.21 bits per heavy atom. The SMILES string of the molecule is CC1CCC(c2cccc(C3(C(=O)O)CC3)c2)CC1. The van der Waals surface area contributed by atoms with Gasteiger partial charge < -0.3 is 5.11 Å². The molecule has 0 radical (unpaired) electrons. The van der Waals surface area contributed by atoms with E-state index in [1.54, 1.807) is 0 Å². The predicted octanol–water partition coefficient (Wildman–Crippen LogP) is 4.10. The molecule has 0 spiro atoms. The van der Waals surface area contributed by atoms with Gasteiger partial charge in [0.2, 0.25) is 0 Å². The summed E-state index contributed by atoms with van der Waals surface area (Å²) in [4.78, 5) is 11.4. The lowest BCUT2D eigenvalue weighted by molar-refractivity contribution is -0.140. The van der Waals surface area contributed by atoms with E-state index >= 15 is 0 Å². The van der Waals surface area contributed by atoms with Crippen molar-refractivity contribution in [2.24, 2.45) is 5.92 Å². The van der Waals surface area contributed by atoms with Gasteiger partial charge in [-0.25, -0.2) is 0 Å². The average molecular weight is 258 g/mol. The van der Waals surface area contributed by atoms with Crippen molar-refractivity contribution in [3.63, 3.8) is 0 Å². The first-order valence-electron chi connectivity index (χ1n) is 7.46. The summed E-state index contributed by atoms with van der Waals surface area (Å²) in [5.41, 5.74) is 1.82. The first kappa shape index (κ1) is 12.7. The number of hydrogen-bond acceptors (Lipinski definition) is 1. The fraction of sp³-hybridized carbons (Fsp3) is 0.588. The van der Waals surface area contributed by atoms with Gasteiger partial charge in [0, 0.05) is 0 Å². The molecule has 0 unspecified atom stereocenters. The number of rotatable bonds is 3. The second-order valence-corrected chi connectivity index (χ2v) is 6.47. The van der Waals surface area contributed by atoms with Crippen LogP contribution < -0.4 is 0 Å². The van der Waals surface area contributed by atoms with Crippen molar-refractivity contribution in [3.8, 4) is 0 Å². The van der Waals surface area contributed by atoms with Gasteiger partial charge in [-0.3, -0.25) is 4.79 Å². The van der Waals surface area contributed by atoms with E-state index < -0.39 is 11.4 Å². The third kappa shape index (κ3) is 2.29. The van der Waals surface area contributed by atoms with Gasteiger partial charge in [-0.15, -0.1) is 0 Å². The number of hydrogen-bond donors (Lipinski definition) is 1. The first-order valence-corrected chi connectivity index (χ1v) is 7.46. The minimum Gasteiger partial charge on any atom is -0.481 e. The zero-order chi connectivity index (χ0) is 13.5. The van der Waals surface area contributed by atoms with E-state index in [9.17, 15) is 9.90 Å². The number of aliphatic carboxylic acids is 1. The van der Waals surface area contributed by atoms with E-state index in [4.69, 9.17) is 0 Å². The Hall–Kier alpha value is -1.31. The van der Waals surface area contributed by atoms with Crippen LogP contribution in [0.25, 0.3) is 0 Å². The summed E-state index contributed by atoms with van der Waals surface area (Å²) in [6, 6.07) is 8.39. The zero-order valence-corrected chi connectivity index (χ0v) is 11.6. The number of carboxylic acids is 1. The van der Waals surface area contributed by atoms with Crippen LogP contribution in [-0.4, -0.2) is 11.1 Å². The number of carbonyl (C=O) groups is 1. The van der Waals surface area contributed by atoms with Crippen LogP contribution >= 0.6 is 0 Å². The molecule has 0 atom stereocenters. The standard InChI is InChI=1S/C17H22O2/c1-12-5-7-13(8-6-12)14-3-2-4-15(11-14)17(9-10-17)16(18)19/h2-4,11-13H,5-10H2,1H3,(H,18,19). The van der Waals surface area contributed by atoms with Gasteiger partial charge in [0.1, 0.15) is 0 Å². The minimum atomic E-state index is -0.651. The fourth-order valence-corrected chi connectivity index (χ4v) is 3.43. The van der Waals surface area contributed by atoms with Crippen LogP contribution in [0.5, 0.6) is 0 Å². The topological polar surface area (TPSA) is 37.3 Å². The van der Waals surface area contributed by atoms with Gasteiger partial charge in [-0.1, -0.05) is 44.0 Å². The molecule has 0 heterocycles. The van der Waals surface area contributed by atoms with E-state index in [1.165, 1.54) is 31.2 Å². The number of carboxylic acid groups (broad SMARTS) is 1. The summed E-state index contributed by atoms with van der Waals surface area (Å²) in [6.07, 6.45) is 6.72. The Morgan fingerprint density at radius 2 is 1.89 bits per heavy atom. The summed E-state index contributed by atoms with van der Waals surface area (Å²) in [5, 5.41) is 9.39. The summed E-state index contributed by atoms with van der Waals surface area (Å²) < 4.78 is 0. The zero-order valence-electron chi connectivity index (χ0n) is 11.6. The fourth-order valence-electron chi connectivity index (χ4n) is 3.43. The Morgan fingerprint density at radius 3 is 2.47 bits per heavy atom. The molecule has 0 saturated heterocycles. The summed E-state index contributed by atoms with van der Waals surface area (Å²) in [5.74, 6) is 0.843. The molecule has 2 saturated carbocycles. The van der Waals surface area contributed by atoms with E-state index in [-0.39, 0.29) is 0 Å². The first-order chi connectivity index (χ1) is 9.12. The highest BCUT2D eigenvalue weighted by Crippen LogP contribution is 2.49. The van der Waals surface area contributed by atoms with Gasteiger partial charge >= 0.3 is 5.97 Å². The Labute approximate surface area is 114 Å². The molecule has 0 bridgehead atoms. The molecule has 1 N–H and O–H groups in total. The lowest BCUT2D eigenvalue weighted by atomic mass is 9.78. The maximum absolute atomic E-state index is 11.4. The quantitative estimate of drug-likeness (QED) is 0.886. The Bertz CT molecular complexity index is 480. The van der Waals surface area contributed by atoms with Gasteiger partial charge in [0.15, 0.2) is 0 Å². The Balaban J connectivity index is 1.83. The molecule has 2 aliphatic carbocycles. The van der Waals surface area contributed by atoms with Gasteiger partial charge in [-0.2, -0.15) is 0 Å². The molecule has 19 heavy (non-hydrogen) atoms. The maximum Gasteiger partial charge on any atom is 0.314 e. The second kappa shape index (κ2) is 4.66. The van der Waals surface area contributed by atoms with Crippen molar-refractivity contribution < 1.29 is 9.90 Å². The van der Waals surface area contributed by atoms with Crippen molar-refractivity contribution >= 4 is 5.97 Å². The summed E-state index contributed by atoms with van der Waals surface area (Å²) >= 11 is 0. The molecule has 3 rings (SSSR count). The molecule has 2 heteroatoms. The van der Waals surface area contributed by atoms with Crippen molar-refractivity contribution in [1.82, 2.24) is 0 Å². The van der Waals surface area contributed by atoms with Gasteiger partial charge in [0.25, 0.3) is 0 Å². The van der Waals surface area contributed by atoms with Crippen molar-refractivity contribution in [2.75, 3.05) is 0 Å². The second-order valence-electron chi connectivity index (χ2n) is 6.47. The summed E-state index contributed by atoms with van der Waals surface area (Å²) in [6.45, 7) is 2.33. The lowest BCUT2D eigenvalue weighted by Gasteiger charge is -2.27. The molecule has 2 aliphatic rings. The molecule has 0 amide bonds. The van der Waals surface area contributed by atoms with Crippen LogP contribution in [0.1, 0.15) is 62.5 Å². The number of benzene rings is 1. The molecule has 1 aromatic rings. The third-order valence-corrected chi connectivity index (χ3v) is 5.09. The van der Waals surface area contributed by atoms with Crippen LogP contribution in [0.3, 0.4) is 0 Å². The van der Waals surface area contributed by atoms with Gasteiger partial charge in [0.05, 0.1) is 5.41 Å². The monoisotopic (exact) mass is 258 g/mol. The van der Waals surface area contributed by atoms with Crippen molar-refractivity contribution in [2.45, 2.75) is 56.8 Å². The maximum atomic E-state index is 11.4. The molecular weight excluding hydrogens is 236 g/mol. The smallest absolute Gasteiger partial charge is 0.314 e. The highest BCUT2D eigenvalue weighted by atomic mass is 16.4. The Kier molecular flexibility index (Phi) is 3.12. The predicted molar refractivity (Wildman–Crippen MR) is 75.4 cm³/mol. The molecular formula is C17H22O2. The normalized spacial score (nSPS) is 28.9. The van der Waals surface area contributed by atoms with Crippen LogP contribution in [0.2, 0.25) is 0 Å². The minimum absolute atomic E-state index is 0.558. The molecule has 2 fully saturated rings. The van der Waals surface area contributed by atoms with E-state index in [2.05, 4.69) is 19.1 Å².